The Morgan fingerprint density at radius 2 is 1.87 bits per heavy atom. The number of methoxy groups -OCH3 is 1. The number of benzene rings is 3. The van der Waals surface area contributed by atoms with Crippen LogP contribution in [0.5, 0.6) is 5.75 Å². The number of hydrogen-bond acceptors (Lipinski definition) is 8. The van der Waals surface area contributed by atoms with Crippen LogP contribution in [0, 0.1) is 12.7 Å². The third-order valence-electron chi connectivity index (χ3n) is 7.25. The Kier molecular flexibility index (Phi) is 9.03. The molecule has 1 aliphatic heterocycles. The molecule has 0 radical (unpaired) electrons. The second-order valence-corrected chi connectivity index (χ2v) is 12.2. The van der Waals surface area contributed by atoms with Crippen LogP contribution in [0.25, 0.3) is 5.69 Å². The van der Waals surface area contributed by atoms with Gasteiger partial charge in [-0.1, -0.05) is 48.2 Å². The first-order valence-corrected chi connectivity index (χ1v) is 16.0. The minimum atomic E-state index is -0.493. The average Bonchev–Trinajstić information content (AvgIpc) is 3.83. The highest BCUT2D eigenvalue weighted by molar-refractivity contribution is 7.99. The lowest BCUT2D eigenvalue weighted by Gasteiger charge is -2.22. The first-order chi connectivity index (χ1) is 21.9. The maximum Gasteiger partial charge on any atom is 0.253 e. The van der Waals surface area contributed by atoms with E-state index in [9.17, 15) is 14.0 Å². The minimum absolute atomic E-state index is 0.0466. The number of hydrogen-bond donors (Lipinski definition) is 1. The van der Waals surface area contributed by atoms with Crippen molar-refractivity contribution in [2.24, 2.45) is 5.10 Å². The van der Waals surface area contributed by atoms with E-state index >= 15 is 0 Å². The molecule has 45 heavy (non-hydrogen) atoms. The van der Waals surface area contributed by atoms with Crippen molar-refractivity contribution in [1.29, 1.82) is 0 Å². The number of nitrogens with one attached hydrogen (secondary N) is 1. The molecule has 9 nitrogen and oxygen atoms in total. The summed E-state index contributed by atoms with van der Waals surface area (Å²) in [6.07, 6.45) is 0.595. The summed E-state index contributed by atoms with van der Waals surface area (Å²) in [6.45, 7) is 2.02. The molecule has 228 valence electrons. The Labute approximate surface area is 267 Å². The molecule has 2 aromatic heterocycles. The smallest absolute Gasteiger partial charge is 0.253 e. The summed E-state index contributed by atoms with van der Waals surface area (Å²) < 4.78 is 20.8. The molecule has 0 fully saturated rings. The maximum absolute atomic E-state index is 13.8. The molecule has 12 heteroatoms. The molecule has 0 saturated carbocycles. The molecule has 6 rings (SSSR count). The number of ether oxygens (including phenoxy) is 1. The zero-order chi connectivity index (χ0) is 31.3. The predicted octanol–water partition coefficient (Wildman–Crippen LogP) is 6.18. The molecular weight excluding hydrogens is 612 g/mol. The van der Waals surface area contributed by atoms with Crippen LogP contribution in [-0.2, 0) is 11.3 Å². The van der Waals surface area contributed by atoms with E-state index in [1.807, 2.05) is 77.5 Å². The van der Waals surface area contributed by atoms with Crippen LogP contribution in [0.1, 0.15) is 44.6 Å². The van der Waals surface area contributed by atoms with Crippen molar-refractivity contribution in [3.8, 4) is 11.4 Å². The van der Waals surface area contributed by atoms with Crippen molar-refractivity contribution < 1.29 is 18.7 Å². The van der Waals surface area contributed by atoms with E-state index in [0.717, 1.165) is 33.2 Å². The predicted molar refractivity (Wildman–Crippen MR) is 172 cm³/mol. The fraction of sp³-hybridized carbons (Fsp3) is 0.182. The highest BCUT2D eigenvalue weighted by atomic mass is 32.2. The fourth-order valence-electron chi connectivity index (χ4n) is 5.04. The van der Waals surface area contributed by atoms with Gasteiger partial charge in [-0.3, -0.25) is 14.2 Å². The maximum atomic E-state index is 13.8. The monoisotopic (exact) mass is 640 g/mol. The topological polar surface area (TPSA) is 102 Å². The number of carbonyl (C=O) groups is 2. The van der Waals surface area contributed by atoms with E-state index in [1.165, 1.54) is 30.0 Å². The highest BCUT2D eigenvalue weighted by Crippen LogP contribution is 2.35. The number of thiophene rings is 1. The van der Waals surface area contributed by atoms with Crippen LogP contribution in [0.3, 0.4) is 0 Å². The molecule has 0 spiro atoms. The number of aromatic nitrogens is 3. The molecule has 0 bridgehead atoms. The zero-order valence-electron chi connectivity index (χ0n) is 24.5. The summed E-state index contributed by atoms with van der Waals surface area (Å²) in [5, 5.41) is 20.4. The zero-order valence-corrected chi connectivity index (χ0v) is 26.1. The lowest BCUT2D eigenvalue weighted by atomic mass is 10.0. The Morgan fingerprint density at radius 1 is 1.04 bits per heavy atom. The van der Waals surface area contributed by atoms with Gasteiger partial charge in [0.1, 0.15) is 11.6 Å². The molecule has 5 aromatic rings. The van der Waals surface area contributed by atoms with Gasteiger partial charge in [0.2, 0.25) is 0 Å². The normalized spacial score (nSPS) is 14.3. The Bertz CT molecular complexity index is 1860. The van der Waals surface area contributed by atoms with Crippen molar-refractivity contribution in [3.63, 3.8) is 0 Å². The van der Waals surface area contributed by atoms with Crippen molar-refractivity contribution in [1.82, 2.24) is 25.1 Å². The van der Waals surface area contributed by atoms with Crippen molar-refractivity contribution in [2.45, 2.75) is 31.1 Å². The molecule has 2 amide bonds. The van der Waals surface area contributed by atoms with Gasteiger partial charge in [-0.25, -0.2) is 9.40 Å². The van der Waals surface area contributed by atoms with Gasteiger partial charge >= 0.3 is 0 Å². The first kappa shape index (κ1) is 30.2. The summed E-state index contributed by atoms with van der Waals surface area (Å²) in [5.41, 5.74) is 3.85. The van der Waals surface area contributed by atoms with E-state index in [2.05, 4.69) is 15.5 Å². The molecule has 3 aromatic carbocycles. The van der Waals surface area contributed by atoms with Crippen LogP contribution in [-0.4, -0.2) is 50.2 Å². The van der Waals surface area contributed by atoms with Gasteiger partial charge in [0.15, 0.2) is 11.0 Å². The van der Waals surface area contributed by atoms with Gasteiger partial charge in [0.25, 0.3) is 11.8 Å². The molecular formula is C33H29FN6O3S2. The molecule has 0 saturated heterocycles. The van der Waals surface area contributed by atoms with Crippen LogP contribution in [0.15, 0.2) is 101 Å². The van der Waals surface area contributed by atoms with E-state index in [-0.39, 0.29) is 29.8 Å². The average molecular weight is 641 g/mol. The van der Waals surface area contributed by atoms with Crippen molar-refractivity contribution in [2.75, 3.05) is 12.9 Å². The van der Waals surface area contributed by atoms with Gasteiger partial charge in [-0.05, 0) is 72.0 Å². The molecule has 1 aliphatic rings. The summed E-state index contributed by atoms with van der Waals surface area (Å²) in [7, 11) is 1.62. The van der Waals surface area contributed by atoms with E-state index in [4.69, 9.17) is 9.84 Å². The molecule has 1 N–H and O–H groups in total. The third-order valence-corrected chi connectivity index (χ3v) is 9.08. The van der Waals surface area contributed by atoms with Gasteiger partial charge < -0.3 is 10.1 Å². The highest BCUT2D eigenvalue weighted by Gasteiger charge is 2.33. The third kappa shape index (κ3) is 6.81. The van der Waals surface area contributed by atoms with E-state index in [1.54, 1.807) is 29.5 Å². The summed E-state index contributed by atoms with van der Waals surface area (Å²) >= 11 is 2.84. The van der Waals surface area contributed by atoms with Crippen LogP contribution < -0.4 is 10.1 Å². The Balaban J connectivity index is 1.24. The second kappa shape index (κ2) is 13.4. The summed E-state index contributed by atoms with van der Waals surface area (Å²) in [4.78, 5) is 27.5. The van der Waals surface area contributed by atoms with Gasteiger partial charge in [-0.15, -0.1) is 21.5 Å². The number of rotatable bonds is 10. The molecule has 3 heterocycles. The van der Waals surface area contributed by atoms with E-state index < -0.39 is 11.7 Å². The number of carbonyl (C=O) groups excluding carboxylic acids is 2. The first-order valence-electron chi connectivity index (χ1n) is 14.1. The number of nitrogens with zero attached hydrogens (tertiary/aromatic N) is 5. The van der Waals surface area contributed by atoms with Gasteiger partial charge in [0.05, 0.1) is 36.0 Å². The number of thioether (sulfide) groups is 1. The quantitative estimate of drug-likeness (QED) is 0.183. The molecule has 0 unspecified atom stereocenters. The number of hydrazone groups is 1. The largest absolute Gasteiger partial charge is 0.497 e. The van der Waals surface area contributed by atoms with Gasteiger partial charge in [-0.2, -0.15) is 5.10 Å². The number of halogens is 1. The fourth-order valence-corrected chi connectivity index (χ4v) is 6.58. The van der Waals surface area contributed by atoms with Crippen LogP contribution >= 0.6 is 23.1 Å². The van der Waals surface area contributed by atoms with Crippen LogP contribution in [0.4, 0.5) is 4.39 Å². The lowest BCUT2D eigenvalue weighted by molar-refractivity contribution is -0.130. The SMILES string of the molecule is COc1ccc([C@@H]2CC(c3cccs3)=NN2C(=O)CSc2nnc(CNC(=O)c3cccc(F)c3)n2-c2cccc(C)c2)cc1. The molecule has 0 aliphatic carbocycles. The Morgan fingerprint density at radius 3 is 2.60 bits per heavy atom. The Hall–Kier alpha value is -4.81. The van der Waals surface area contributed by atoms with Crippen molar-refractivity contribution in [3.05, 3.63) is 124 Å². The summed E-state index contributed by atoms with van der Waals surface area (Å²) in [5.74, 6) is 0.169. The molecule has 1 atom stereocenters. The minimum Gasteiger partial charge on any atom is -0.497 e. The summed E-state index contributed by atoms with van der Waals surface area (Å²) in [6, 6.07) is 24.7. The standard InChI is InChI=1S/C33H29FN6O3S2/c1-21-6-3-9-25(16-21)39-30(19-35-32(42)23-7-4-8-24(34)17-23)36-37-33(39)45-20-31(41)40-28(22-11-13-26(43-2)14-12-22)18-27(38-40)29-10-5-15-44-29/h3-17,28H,18-20H2,1-2H3,(H,35,42)/t28-/m0/s1. The number of aryl methyl sites for hydroxylation is 1. The van der Waals surface area contributed by atoms with Crippen molar-refractivity contribution >= 4 is 40.6 Å². The lowest BCUT2D eigenvalue weighted by Crippen LogP contribution is -2.28. The van der Waals surface area contributed by atoms with Gasteiger partial charge in [0, 0.05) is 17.7 Å². The van der Waals surface area contributed by atoms with Crippen LogP contribution in [0.2, 0.25) is 0 Å². The number of amides is 2. The second-order valence-electron chi connectivity index (χ2n) is 10.3. The van der Waals surface area contributed by atoms with E-state index in [0.29, 0.717) is 17.4 Å².